The molecule has 262 valence electrons. The minimum Gasteiger partial charge on any atom is -0.494 e. The Kier molecular flexibility index (Phi) is 13.3. The minimum atomic E-state index is -0.890. The van der Waals surface area contributed by atoms with Crippen molar-refractivity contribution < 1.29 is 28.6 Å². The Morgan fingerprint density at radius 1 is 0.840 bits per heavy atom. The van der Waals surface area contributed by atoms with Gasteiger partial charge in [0.25, 0.3) is 0 Å². The van der Waals surface area contributed by atoms with Crippen molar-refractivity contribution in [1.29, 1.82) is 0 Å². The Labute approximate surface area is 294 Å². The van der Waals surface area contributed by atoms with Crippen LogP contribution in [-0.4, -0.2) is 65.7 Å². The van der Waals surface area contributed by atoms with E-state index in [-0.39, 0.29) is 37.4 Å². The third kappa shape index (κ3) is 10.4. The molecule has 10 nitrogen and oxygen atoms in total. The Bertz CT molecular complexity index is 1660. The van der Waals surface area contributed by atoms with Gasteiger partial charge in [0, 0.05) is 43.0 Å². The molecule has 1 unspecified atom stereocenters. The fourth-order valence-corrected chi connectivity index (χ4v) is 5.94. The highest BCUT2D eigenvalue weighted by Crippen LogP contribution is 2.24. The lowest BCUT2D eigenvalue weighted by Gasteiger charge is -2.24. The van der Waals surface area contributed by atoms with Crippen molar-refractivity contribution >= 4 is 18.0 Å². The number of ether oxygens (including phenoxy) is 3. The predicted octanol–water partition coefficient (Wildman–Crippen LogP) is 7.02. The number of methoxy groups -OCH3 is 1. The molecule has 4 aromatic rings. The van der Waals surface area contributed by atoms with Gasteiger partial charge in [-0.2, -0.15) is 0 Å². The van der Waals surface area contributed by atoms with Crippen LogP contribution in [0.2, 0.25) is 0 Å². The topological polar surface area (TPSA) is 120 Å². The number of nitrogens with one attached hydrogen (secondary N) is 1. The Morgan fingerprint density at radius 3 is 2.24 bits per heavy atom. The van der Waals surface area contributed by atoms with Crippen LogP contribution in [0.15, 0.2) is 91.3 Å². The van der Waals surface area contributed by atoms with Crippen LogP contribution in [0.25, 0.3) is 22.5 Å². The number of aromatic nitrogens is 2. The van der Waals surface area contributed by atoms with Gasteiger partial charge in [-0.05, 0) is 41.7 Å². The average Bonchev–Trinajstić information content (AvgIpc) is 3.66. The molecule has 10 heteroatoms. The molecule has 1 aliphatic rings. The number of unbranched alkanes of at least 4 members (excludes halogenated alkanes) is 4. The summed E-state index contributed by atoms with van der Waals surface area (Å²) in [5.74, 6) is 0.422. The number of alkyl carbamates (subject to hydrolysis) is 1. The molecule has 0 saturated carbocycles. The molecule has 1 N–H and O–H groups in total. The molecule has 2 heterocycles. The molecule has 5 rings (SSSR count). The van der Waals surface area contributed by atoms with Gasteiger partial charge >= 0.3 is 12.1 Å². The predicted molar refractivity (Wildman–Crippen MR) is 191 cm³/mol. The molecule has 0 radical (unpaired) electrons. The lowest BCUT2D eigenvalue weighted by atomic mass is 10.0. The lowest BCUT2D eigenvalue weighted by Crippen LogP contribution is -2.49. The summed E-state index contributed by atoms with van der Waals surface area (Å²) in [5.41, 5.74) is 4.40. The Balaban J connectivity index is 1.19. The molecule has 50 heavy (non-hydrogen) atoms. The maximum Gasteiger partial charge on any atom is 0.408 e. The molecular formula is C40H46N4O6. The number of benzene rings is 3. The van der Waals surface area contributed by atoms with Gasteiger partial charge in [-0.1, -0.05) is 99.3 Å². The molecule has 1 fully saturated rings. The van der Waals surface area contributed by atoms with Gasteiger partial charge in [0.15, 0.2) is 5.82 Å². The maximum absolute atomic E-state index is 13.6. The molecule has 3 aromatic carbocycles. The largest absolute Gasteiger partial charge is 0.494 e. The van der Waals surface area contributed by atoms with Gasteiger partial charge in [-0.15, -0.1) is 0 Å². The van der Waals surface area contributed by atoms with E-state index in [1.807, 2.05) is 78.9 Å². The highest BCUT2D eigenvalue weighted by atomic mass is 16.5. The number of likely N-dealkylation sites (tertiary alicyclic amines) is 1. The van der Waals surface area contributed by atoms with E-state index < -0.39 is 12.1 Å². The van der Waals surface area contributed by atoms with Crippen LogP contribution >= 0.6 is 0 Å². The zero-order chi connectivity index (χ0) is 35.1. The van der Waals surface area contributed by atoms with E-state index in [0.29, 0.717) is 18.8 Å². The first kappa shape index (κ1) is 36.0. The van der Waals surface area contributed by atoms with Crippen molar-refractivity contribution in [2.75, 3.05) is 26.8 Å². The third-order valence-corrected chi connectivity index (χ3v) is 8.85. The quantitative estimate of drug-likeness (QED) is 0.0992. The molecule has 0 aliphatic carbocycles. The van der Waals surface area contributed by atoms with E-state index >= 15 is 0 Å². The summed E-state index contributed by atoms with van der Waals surface area (Å²) < 4.78 is 16.2. The SMILES string of the molecule is CCCCCCCOc1ccc(-c2cnc(-c3ccc(CC(NC(=O)OCc4ccccc4)C(=O)N4CC[C@H](C(=O)OC)C4)cc3)nc2)cc1. The van der Waals surface area contributed by atoms with Crippen LogP contribution in [-0.2, 0) is 32.1 Å². The summed E-state index contributed by atoms with van der Waals surface area (Å²) in [4.78, 5) is 49.4. The number of hydrogen-bond acceptors (Lipinski definition) is 8. The minimum absolute atomic E-state index is 0.0776. The van der Waals surface area contributed by atoms with Gasteiger partial charge < -0.3 is 24.4 Å². The number of carbonyl (C=O) groups is 3. The lowest BCUT2D eigenvalue weighted by molar-refractivity contribution is -0.145. The number of hydrogen-bond donors (Lipinski definition) is 1. The Hall–Kier alpha value is -5.25. The van der Waals surface area contributed by atoms with Crippen LogP contribution in [0.4, 0.5) is 4.79 Å². The smallest absolute Gasteiger partial charge is 0.408 e. The van der Waals surface area contributed by atoms with E-state index in [9.17, 15) is 14.4 Å². The van der Waals surface area contributed by atoms with Gasteiger partial charge in [0.1, 0.15) is 18.4 Å². The highest BCUT2D eigenvalue weighted by Gasteiger charge is 2.35. The number of esters is 1. The molecule has 1 aromatic heterocycles. The second kappa shape index (κ2) is 18.5. The fourth-order valence-electron chi connectivity index (χ4n) is 5.94. The molecule has 1 aliphatic heterocycles. The number of nitrogens with zero attached hydrogens (tertiary/aromatic N) is 3. The molecule has 0 spiro atoms. The van der Waals surface area contributed by atoms with Crippen molar-refractivity contribution in [3.8, 4) is 28.3 Å². The van der Waals surface area contributed by atoms with E-state index in [1.165, 1.54) is 32.8 Å². The Morgan fingerprint density at radius 2 is 1.54 bits per heavy atom. The first-order valence-electron chi connectivity index (χ1n) is 17.4. The summed E-state index contributed by atoms with van der Waals surface area (Å²) in [6, 6.07) is 24.0. The van der Waals surface area contributed by atoms with Crippen LogP contribution in [0, 0.1) is 5.92 Å². The average molecular weight is 679 g/mol. The molecule has 0 bridgehead atoms. The number of carbonyl (C=O) groups excluding carboxylic acids is 3. The molecule has 2 atom stereocenters. The fraction of sp³-hybridized carbons (Fsp3) is 0.375. The van der Waals surface area contributed by atoms with Crippen molar-refractivity contribution in [3.05, 3.63) is 102 Å². The van der Waals surface area contributed by atoms with E-state index in [4.69, 9.17) is 14.2 Å². The third-order valence-electron chi connectivity index (χ3n) is 8.85. The van der Waals surface area contributed by atoms with Crippen LogP contribution < -0.4 is 10.1 Å². The van der Waals surface area contributed by atoms with Crippen molar-refractivity contribution in [1.82, 2.24) is 20.2 Å². The number of amides is 2. The van der Waals surface area contributed by atoms with Crippen molar-refractivity contribution in [2.45, 2.75) is 64.5 Å². The zero-order valence-electron chi connectivity index (χ0n) is 28.9. The van der Waals surface area contributed by atoms with Gasteiger partial charge in [0.05, 0.1) is 19.6 Å². The first-order chi connectivity index (χ1) is 24.4. The standard InChI is InChI=1S/C40H46N4O6/c1-3-4-5-6-10-23-49-35-19-17-31(18-20-35)34-25-41-37(42-26-34)32-15-13-29(14-16-32)24-36(38(45)44-22-21-33(27-44)39(46)48-2)43-40(47)50-28-30-11-8-7-9-12-30/h7-9,11-20,25-26,33,36H,3-6,10,21-24,27-28H2,1-2H3,(H,43,47)/t33-,36?/m0/s1. The summed E-state index contributed by atoms with van der Waals surface area (Å²) in [6.07, 6.45) is 9.68. The second-order valence-corrected chi connectivity index (χ2v) is 12.5. The molecule has 2 amide bonds. The monoisotopic (exact) mass is 678 g/mol. The van der Waals surface area contributed by atoms with Gasteiger partial charge in [-0.25, -0.2) is 14.8 Å². The molecular weight excluding hydrogens is 632 g/mol. The summed E-state index contributed by atoms with van der Waals surface area (Å²) in [7, 11) is 1.34. The van der Waals surface area contributed by atoms with E-state index in [0.717, 1.165) is 46.6 Å². The number of rotatable bonds is 16. The highest BCUT2D eigenvalue weighted by molar-refractivity contribution is 5.87. The van der Waals surface area contributed by atoms with Crippen LogP contribution in [0.3, 0.4) is 0 Å². The summed E-state index contributed by atoms with van der Waals surface area (Å²) in [6.45, 7) is 3.66. The zero-order valence-corrected chi connectivity index (χ0v) is 28.9. The maximum atomic E-state index is 13.6. The van der Waals surface area contributed by atoms with Gasteiger partial charge in [-0.3, -0.25) is 9.59 Å². The first-order valence-corrected chi connectivity index (χ1v) is 17.4. The van der Waals surface area contributed by atoms with Crippen molar-refractivity contribution in [3.63, 3.8) is 0 Å². The van der Waals surface area contributed by atoms with Crippen LogP contribution in [0.1, 0.15) is 56.6 Å². The summed E-state index contributed by atoms with van der Waals surface area (Å²) in [5, 5.41) is 2.76. The second-order valence-electron chi connectivity index (χ2n) is 12.5. The van der Waals surface area contributed by atoms with E-state index in [2.05, 4.69) is 22.2 Å². The molecule has 1 saturated heterocycles. The summed E-state index contributed by atoms with van der Waals surface area (Å²) >= 11 is 0. The van der Waals surface area contributed by atoms with E-state index in [1.54, 1.807) is 17.3 Å². The van der Waals surface area contributed by atoms with Gasteiger partial charge in [0.2, 0.25) is 5.91 Å². The normalized spacial score (nSPS) is 14.5. The van der Waals surface area contributed by atoms with Crippen LogP contribution in [0.5, 0.6) is 5.75 Å². The van der Waals surface area contributed by atoms with Crippen molar-refractivity contribution in [2.24, 2.45) is 5.92 Å².